The first kappa shape index (κ1) is 11.5. The highest BCUT2D eigenvalue weighted by atomic mass is 19.4. The highest BCUT2D eigenvalue weighted by Crippen LogP contribution is 2.35. The fourth-order valence-corrected chi connectivity index (χ4v) is 2.32. The van der Waals surface area contributed by atoms with Gasteiger partial charge in [-0.3, -0.25) is 0 Å². The van der Waals surface area contributed by atoms with Crippen molar-refractivity contribution in [3.8, 4) is 0 Å². The molecule has 0 spiro atoms. The van der Waals surface area contributed by atoms with E-state index in [2.05, 4.69) is 0 Å². The van der Waals surface area contributed by atoms with E-state index in [0.717, 1.165) is 37.0 Å². The zero-order valence-corrected chi connectivity index (χ0v) is 8.80. The van der Waals surface area contributed by atoms with Crippen molar-refractivity contribution in [2.45, 2.75) is 37.4 Å². The molecule has 1 aliphatic carbocycles. The molecule has 0 unspecified atom stereocenters. The summed E-state index contributed by atoms with van der Waals surface area (Å²) >= 11 is 0. The third kappa shape index (κ3) is 2.21. The maximum Gasteiger partial charge on any atom is 0.416 e. The minimum Gasteiger partial charge on any atom is -0.327 e. The molecule has 0 bridgehead atoms. The Bertz CT molecular complexity index is 356. The van der Waals surface area contributed by atoms with Crippen molar-refractivity contribution in [3.63, 3.8) is 0 Å². The Morgan fingerprint density at radius 3 is 2.12 bits per heavy atom. The molecule has 2 atom stereocenters. The molecule has 1 aromatic carbocycles. The summed E-state index contributed by atoms with van der Waals surface area (Å²) in [7, 11) is 0. The molecule has 0 saturated heterocycles. The van der Waals surface area contributed by atoms with Crippen molar-refractivity contribution in [1.29, 1.82) is 0 Å². The van der Waals surface area contributed by atoms with E-state index in [-0.39, 0.29) is 12.0 Å². The van der Waals surface area contributed by atoms with Gasteiger partial charge in [-0.1, -0.05) is 18.6 Å². The molecule has 2 N–H and O–H groups in total. The first-order chi connectivity index (χ1) is 7.48. The van der Waals surface area contributed by atoms with Crippen molar-refractivity contribution < 1.29 is 13.2 Å². The van der Waals surface area contributed by atoms with Gasteiger partial charge in [0.2, 0.25) is 0 Å². The van der Waals surface area contributed by atoms with Gasteiger partial charge in [-0.15, -0.1) is 0 Å². The zero-order valence-electron chi connectivity index (χ0n) is 8.80. The van der Waals surface area contributed by atoms with Crippen LogP contribution in [0.5, 0.6) is 0 Å². The van der Waals surface area contributed by atoms with E-state index in [4.69, 9.17) is 5.73 Å². The fourth-order valence-electron chi connectivity index (χ4n) is 2.32. The number of benzene rings is 1. The summed E-state index contributed by atoms with van der Waals surface area (Å²) < 4.78 is 37.0. The molecule has 0 aromatic heterocycles. The molecule has 0 amide bonds. The van der Waals surface area contributed by atoms with Crippen LogP contribution in [-0.2, 0) is 6.18 Å². The Morgan fingerprint density at radius 1 is 1.06 bits per heavy atom. The molecule has 16 heavy (non-hydrogen) atoms. The minimum absolute atomic E-state index is 0.0942. The summed E-state index contributed by atoms with van der Waals surface area (Å²) in [5.74, 6) is 0.224. The average Bonchev–Trinajstić information content (AvgIpc) is 2.63. The van der Waals surface area contributed by atoms with E-state index in [9.17, 15) is 13.2 Å². The Hall–Kier alpha value is -1.03. The molecule has 1 fully saturated rings. The van der Waals surface area contributed by atoms with Crippen LogP contribution in [0.1, 0.15) is 36.3 Å². The summed E-state index contributed by atoms with van der Waals surface area (Å²) in [6, 6.07) is 5.48. The van der Waals surface area contributed by atoms with Crippen LogP contribution < -0.4 is 5.73 Å². The van der Waals surface area contributed by atoms with Crippen LogP contribution >= 0.6 is 0 Å². The second-order valence-corrected chi connectivity index (χ2v) is 4.32. The molecule has 1 aromatic rings. The van der Waals surface area contributed by atoms with Gasteiger partial charge in [0.05, 0.1) is 5.56 Å². The van der Waals surface area contributed by atoms with Crippen LogP contribution in [0, 0.1) is 0 Å². The van der Waals surface area contributed by atoms with Crippen LogP contribution in [0.15, 0.2) is 24.3 Å². The van der Waals surface area contributed by atoms with Crippen molar-refractivity contribution in [3.05, 3.63) is 35.4 Å². The standard InChI is InChI=1S/C12H14F3N/c13-12(14,15)9-6-4-8(5-7-9)10-2-1-3-11(10)16/h4-7,10-11H,1-3,16H2/t10-,11+/m0/s1. The Labute approximate surface area is 92.5 Å². The van der Waals surface area contributed by atoms with E-state index >= 15 is 0 Å². The Morgan fingerprint density at radius 2 is 1.69 bits per heavy atom. The van der Waals surface area contributed by atoms with Crippen molar-refractivity contribution >= 4 is 0 Å². The third-order valence-electron chi connectivity index (χ3n) is 3.24. The molecule has 0 heterocycles. The Kier molecular flexibility index (Phi) is 2.93. The third-order valence-corrected chi connectivity index (χ3v) is 3.24. The lowest BCUT2D eigenvalue weighted by Gasteiger charge is -2.16. The lowest BCUT2D eigenvalue weighted by atomic mass is 9.94. The summed E-state index contributed by atoms with van der Waals surface area (Å²) in [6.07, 6.45) is -1.25. The minimum atomic E-state index is -4.25. The molecule has 88 valence electrons. The number of alkyl halides is 3. The first-order valence-corrected chi connectivity index (χ1v) is 5.41. The number of hydrogen-bond donors (Lipinski definition) is 1. The van der Waals surface area contributed by atoms with E-state index in [1.165, 1.54) is 0 Å². The molecule has 4 heteroatoms. The first-order valence-electron chi connectivity index (χ1n) is 5.41. The van der Waals surface area contributed by atoms with Gasteiger partial charge in [-0.2, -0.15) is 13.2 Å². The van der Waals surface area contributed by atoms with Gasteiger partial charge in [0.15, 0.2) is 0 Å². The number of rotatable bonds is 1. The van der Waals surface area contributed by atoms with Crippen LogP contribution in [0.2, 0.25) is 0 Å². The predicted molar refractivity (Wildman–Crippen MR) is 56.0 cm³/mol. The Balaban J connectivity index is 2.19. The number of nitrogens with two attached hydrogens (primary N) is 1. The molecular formula is C12H14F3N. The molecule has 0 aliphatic heterocycles. The number of halogens is 3. The summed E-state index contributed by atoms with van der Waals surface area (Å²) in [4.78, 5) is 0. The highest BCUT2D eigenvalue weighted by Gasteiger charge is 2.31. The average molecular weight is 229 g/mol. The van der Waals surface area contributed by atoms with Crippen LogP contribution in [0.4, 0.5) is 13.2 Å². The monoisotopic (exact) mass is 229 g/mol. The second-order valence-electron chi connectivity index (χ2n) is 4.32. The molecule has 1 aliphatic rings. The van der Waals surface area contributed by atoms with Crippen LogP contribution in [0.3, 0.4) is 0 Å². The van der Waals surface area contributed by atoms with Crippen LogP contribution in [-0.4, -0.2) is 6.04 Å². The maximum absolute atomic E-state index is 12.3. The van der Waals surface area contributed by atoms with Crippen molar-refractivity contribution in [1.82, 2.24) is 0 Å². The van der Waals surface area contributed by atoms with Gasteiger partial charge in [0.1, 0.15) is 0 Å². The quantitative estimate of drug-likeness (QED) is 0.785. The lowest BCUT2D eigenvalue weighted by Crippen LogP contribution is -2.22. The van der Waals surface area contributed by atoms with Gasteiger partial charge < -0.3 is 5.73 Å². The lowest BCUT2D eigenvalue weighted by molar-refractivity contribution is -0.137. The fraction of sp³-hybridized carbons (Fsp3) is 0.500. The molecule has 0 radical (unpaired) electrons. The molecule has 1 nitrogen and oxygen atoms in total. The topological polar surface area (TPSA) is 26.0 Å². The largest absolute Gasteiger partial charge is 0.416 e. The van der Waals surface area contributed by atoms with Gasteiger partial charge in [0, 0.05) is 6.04 Å². The van der Waals surface area contributed by atoms with Gasteiger partial charge in [0.25, 0.3) is 0 Å². The van der Waals surface area contributed by atoms with E-state index in [0.29, 0.717) is 0 Å². The van der Waals surface area contributed by atoms with E-state index in [1.54, 1.807) is 12.1 Å². The second kappa shape index (κ2) is 4.09. The number of hydrogen-bond acceptors (Lipinski definition) is 1. The maximum atomic E-state index is 12.3. The summed E-state index contributed by atoms with van der Waals surface area (Å²) in [5.41, 5.74) is 6.25. The highest BCUT2D eigenvalue weighted by molar-refractivity contribution is 5.28. The summed E-state index contributed by atoms with van der Waals surface area (Å²) in [5, 5.41) is 0. The van der Waals surface area contributed by atoms with Crippen LogP contribution in [0.25, 0.3) is 0 Å². The van der Waals surface area contributed by atoms with Crippen molar-refractivity contribution in [2.75, 3.05) is 0 Å². The SMILES string of the molecule is N[C@@H]1CCC[C@H]1c1ccc(C(F)(F)F)cc1. The predicted octanol–water partition coefficient (Wildman–Crippen LogP) is 3.30. The van der Waals surface area contributed by atoms with E-state index in [1.807, 2.05) is 0 Å². The molecule has 1 saturated carbocycles. The summed E-state index contributed by atoms with van der Waals surface area (Å²) in [6.45, 7) is 0. The van der Waals surface area contributed by atoms with Gasteiger partial charge in [-0.25, -0.2) is 0 Å². The van der Waals surface area contributed by atoms with Gasteiger partial charge in [-0.05, 0) is 36.5 Å². The zero-order chi connectivity index (χ0) is 11.8. The normalized spacial score (nSPS) is 26.0. The smallest absolute Gasteiger partial charge is 0.327 e. The van der Waals surface area contributed by atoms with E-state index < -0.39 is 11.7 Å². The molecule has 2 rings (SSSR count). The molecular weight excluding hydrogens is 215 g/mol. The van der Waals surface area contributed by atoms with Gasteiger partial charge >= 0.3 is 6.18 Å². The van der Waals surface area contributed by atoms with Crippen molar-refractivity contribution in [2.24, 2.45) is 5.73 Å².